The number of carboxylic acid groups (broad SMARTS) is 1. The van der Waals surface area contributed by atoms with Gasteiger partial charge >= 0.3 is 5.97 Å². The molecule has 0 radical (unpaired) electrons. The molecule has 0 unspecified atom stereocenters. The van der Waals surface area contributed by atoms with Gasteiger partial charge < -0.3 is 5.11 Å². The number of aliphatic carboxylic acids is 1. The van der Waals surface area contributed by atoms with Crippen molar-refractivity contribution in [1.29, 1.82) is 0 Å². The van der Waals surface area contributed by atoms with Crippen molar-refractivity contribution in [1.82, 2.24) is 0 Å². The molecule has 0 fully saturated rings. The van der Waals surface area contributed by atoms with Crippen molar-refractivity contribution in [2.24, 2.45) is 0 Å². The predicted octanol–water partition coefficient (Wildman–Crippen LogP) is 5.79. The van der Waals surface area contributed by atoms with Crippen LogP contribution in [0.25, 0.3) is 6.08 Å². The molecule has 0 saturated carbocycles. The minimum Gasteiger partial charge on any atom is -0.481 e. The first kappa shape index (κ1) is 18.7. The molecular weight excluding hydrogens is 284 g/mol. The molecule has 2 heteroatoms. The zero-order valence-electron chi connectivity index (χ0n) is 13.6. The Hall–Kier alpha value is -2.35. The van der Waals surface area contributed by atoms with E-state index in [0.29, 0.717) is 6.42 Å². The van der Waals surface area contributed by atoms with E-state index in [1.807, 2.05) is 48.6 Å². The summed E-state index contributed by atoms with van der Waals surface area (Å²) in [4.78, 5) is 10.3. The zero-order valence-corrected chi connectivity index (χ0v) is 13.6. The molecule has 23 heavy (non-hydrogen) atoms. The fourth-order valence-electron chi connectivity index (χ4n) is 2.05. The molecule has 1 aromatic carbocycles. The minimum absolute atomic E-state index is 0.295. The summed E-state index contributed by atoms with van der Waals surface area (Å²) in [6.07, 6.45) is 21.7. The van der Waals surface area contributed by atoms with Crippen LogP contribution in [0.1, 0.15) is 44.1 Å². The highest BCUT2D eigenvalue weighted by atomic mass is 16.4. The van der Waals surface area contributed by atoms with Crippen LogP contribution in [0.5, 0.6) is 0 Å². The third-order valence-electron chi connectivity index (χ3n) is 3.29. The number of hydrogen-bond donors (Lipinski definition) is 1. The van der Waals surface area contributed by atoms with Gasteiger partial charge in [0.1, 0.15) is 0 Å². The van der Waals surface area contributed by atoms with Gasteiger partial charge in [-0.1, -0.05) is 91.8 Å². The molecule has 0 atom stereocenters. The van der Waals surface area contributed by atoms with Crippen LogP contribution in [0.2, 0.25) is 0 Å². The third-order valence-corrected chi connectivity index (χ3v) is 3.29. The molecule has 0 aliphatic rings. The van der Waals surface area contributed by atoms with Gasteiger partial charge in [-0.15, -0.1) is 0 Å². The molecule has 1 aromatic rings. The average molecular weight is 310 g/mol. The van der Waals surface area contributed by atoms with E-state index in [9.17, 15) is 4.79 Å². The van der Waals surface area contributed by atoms with Gasteiger partial charge in [0.2, 0.25) is 0 Å². The van der Waals surface area contributed by atoms with Crippen molar-refractivity contribution in [2.45, 2.75) is 38.5 Å². The van der Waals surface area contributed by atoms with Gasteiger partial charge in [0.15, 0.2) is 0 Å². The maximum Gasteiger partial charge on any atom is 0.303 e. The topological polar surface area (TPSA) is 37.3 Å². The van der Waals surface area contributed by atoms with Gasteiger partial charge in [-0.05, 0) is 24.8 Å². The minimum atomic E-state index is -0.693. The fourth-order valence-corrected chi connectivity index (χ4v) is 2.05. The van der Waals surface area contributed by atoms with Crippen LogP contribution < -0.4 is 0 Å². The quantitative estimate of drug-likeness (QED) is 0.414. The standard InChI is InChI=1S/C21H26O2/c22-21(23)19-15-10-8-6-4-2-1-3-5-7-9-12-16-20-17-13-11-14-18-20/h1-3,5,7,9,11-14,16-18H,4,6,8,10,15,19H2,(H,22,23)/b2-1+,5-3+,9-7+,16-12+. The first-order valence-corrected chi connectivity index (χ1v) is 8.22. The first-order valence-electron chi connectivity index (χ1n) is 8.22. The summed E-state index contributed by atoms with van der Waals surface area (Å²) in [5.41, 5.74) is 1.20. The van der Waals surface area contributed by atoms with Gasteiger partial charge in [0.05, 0.1) is 0 Å². The van der Waals surface area contributed by atoms with Gasteiger partial charge in [0, 0.05) is 6.42 Å². The maximum atomic E-state index is 10.3. The van der Waals surface area contributed by atoms with Crippen LogP contribution in [-0.4, -0.2) is 11.1 Å². The lowest BCUT2D eigenvalue weighted by molar-refractivity contribution is -0.137. The lowest BCUT2D eigenvalue weighted by atomic mass is 10.1. The van der Waals surface area contributed by atoms with Crippen LogP contribution in [0.4, 0.5) is 0 Å². The Morgan fingerprint density at radius 1 is 0.826 bits per heavy atom. The number of benzene rings is 1. The number of carbonyl (C=O) groups is 1. The van der Waals surface area contributed by atoms with E-state index >= 15 is 0 Å². The molecule has 0 spiro atoms. The SMILES string of the molecule is O=C(O)CCCCCC/C=C/C=C/C=C/C=C/c1ccccc1. The monoisotopic (exact) mass is 310 g/mol. The molecule has 0 amide bonds. The second-order valence-corrected chi connectivity index (χ2v) is 5.31. The molecule has 0 aromatic heterocycles. The van der Waals surface area contributed by atoms with Crippen molar-refractivity contribution in [3.05, 3.63) is 78.4 Å². The third kappa shape index (κ3) is 11.9. The molecule has 0 saturated heterocycles. The molecule has 0 heterocycles. The molecule has 0 bridgehead atoms. The summed E-state index contributed by atoms with van der Waals surface area (Å²) >= 11 is 0. The number of allylic oxidation sites excluding steroid dienone is 7. The maximum absolute atomic E-state index is 10.3. The highest BCUT2D eigenvalue weighted by Gasteiger charge is 1.95. The normalized spacial score (nSPS) is 12.2. The number of hydrogen-bond acceptors (Lipinski definition) is 1. The fraction of sp³-hybridized carbons (Fsp3) is 0.286. The molecule has 122 valence electrons. The summed E-state index contributed by atoms with van der Waals surface area (Å²) < 4.78 is 0. The first-order chi connectivity index (χ1) is 11.3. The molecule has 2 nitrogen and oxygen atoms in total. The molecule has 1 N–H and O–H groups in total. The Morgan fingerprint density at radius 3 is 2.22 bits per heavy atom. The lowest BCUT2D eigenvalue weighted by Gasteiger charge is -1.96. The lowest BCUT2D eigenvalue weighted by Crippen LogP contribution is -1.93. The van der Waals surface area contributed by atoms with E-state index in [-0.39, 0.29) is 0 Å². The van der Waals surface area contributed by atoms with Gasteiger partial charge in [0.25, 0.3) is 0 Å². The largest absolute Gasteiger partial charge is 0.481 e. The van der Waals surface area contributed by atoms with Crippen molar-refractivity contribution in [3.8, 4) is 0 Å². The highest BCUT2D eigenvalue weighted by molar-refractivity contribution is 5.66. The predicted molar refractivity (Wildman–Crippen MR) is 98.2 cm³/mol. The van der Waals surface area contributed by atoms with Crippen LogP contribution in [0.15, 0.2) is 72.9 Å². The summed E-state index contributed by atoms with van der Waals surface area (Å²) in [6, 6.07) is 10.2. The second kappa shape index (κ2) is 13.3. The van der Waals surface area contributed by atoms with Crippen LogP contribution in [-0.2, 0) is 4.79 Å². The van der Waals surface area contributed by atoms with Crippen LogP contribution >= 0.6 is 0 Å². The van der Waals surface area contributed by atoms with Crippen LogP contribution in [0, 0.1) is 0 Å². The van der Waals surface area contributed by atoms with Crippen molar-refractivity contribution >= 4 is 12.0 Å². The number of rotatable bonds is 11. The van der Waals surface area contributed by atoms with E-state index in [1.165, 1.54) is 5.56 Å². The Kier molecular flexibility index (Phi) is 10.8. The van der Waals surface area contributed by atoms with Gasteiger partial charge in [-0.2, -0.15) is 0 Å². The van der Waals surface area contributed by atoms with Crippen LogP contribution in [0.3, 0.4) is 0 Å². The number of carboxylic acids is 1. The Morgan fingerprint density at radius 2 is 1.48 bits per heavy atom. The summed E-state index contributed by atoms with van der Waals surface area (Å²) in [5.74, 6) is -0.693. The van der Waals surface area contributed by atoms with Crippen molar-refractivity contribution in [3.63, 3.8) is 0 Å². The Labute approximate surface area is 139 Å². The van der Waals surface area contributed by atoms with Crippen molar-refractivity contribution in [2.75, 3.05) is 0 Å². The summed E-state index contributed by atoms with van der Waals surface area (Å²) in [7, 11) is 0. The molecule has 0 aliphatic heterocycles. The second-order valence-electron chi connectivity index (χ2n) is 5.31. The Bertz CT molecular complexity index is 536. The highest BCUT2D eigenvalue weighted by Crippen LogP contribution is 2.06. The van der Waals surface area contributed by atoms with E-state index in [4.69, 9.17) is 5.11 Å². The summed E-state index contributed by atoms with van der Waals surface area (Å²) in [6.45, 7) is 0. The van der Waals surface area contributed by atoms with E-state index in [0.717, 1.165) is 32.1 Å². The Balaban J connectivity index is 2.04. The molecule has 1 rings (SSSR count). The smallest absolute Gasteiger partial charge is 0.303 e. The van der Waals surface area contributed by atoms with E-state index in [1.54, 1.807) is 0 Å². The van der Waals surface area contributed by atoms with Crippen molar-refractivity contribution < 1.29 is 9.90 Å². The van der Waals surface area contributed by atoms with Gasteiger partial charge in [-0.25, -0.2) is 0 Å². The zero-order chi connectivity index (χ0) is 16.6. The summed E-state index contributed by atoms with van der Waals surface area (Å²) in [5, 5.41) is 8.52. The van der Waals surface area contributed by atoms with E-state index in [2.05, 4.69) is 30.4 Å². The molecule has 0 aliphatic carbocycles. The number of unbranched alkanes of at least 4 members (excludes halogenated alkanes) is 4. The molecular formula is C21H26O2. The van der Waals surface area contributed by atoms with Gasteiger partial charge in [-0.3, -0.25) is 4.79 Å². The average Bonchev–Trinajstić information content (AvgIpc) is 2.56. The van der Waals surface area contributed by atoms with E-state index < -0.39 is 5.97 Å².